The number of allylic oxidation sites excluding steroid dienone is 1. The van der Waals surface area contributed by atoms with Gasteiger partial charge in [0.05, 0.1) is 5.56 Å². The Bertz CT molecular complexity index is 517. The largest absolute Gasteiger partial charge is 0.872 e. The Morgan fingerprint density at radius 2 is 1.68 bits per heavy atom. The first-order valence-electron chi connectivity index (χ1n) is 4.70. The number of benzene rings is 1. The van der Waals surface area contributed by atoms with E-state index >= 15 is 0 Å². The highest BCUT2D eigenvalue weighted by Gasteiger charge is 2.35. The standard InChI is InChI=1S/C11H6ClF5O2/c12-10(13,14)9(19)5-8(18)6-3-1-2-4-7(6)11(15,16)17/h1-5,18H/p-1/b8-5-. The molecule has 0 bridgehead atoms. The summed E-state index contributed by atoms with van der Waals surface area (Å²) in [6.45, 7) is 0. The molecule has 0 aromatic heterocycles. The van der Waals surface area contributed by atoms with Crippen molar-refractivity contribution in [1.29, 1.82) is 0 Å². The molecule has 0 aliphatic rings. The molecule has 1 aromatic rings. The Kier molecular flexibility index (Phi) is 4.19. The Balaban J connectivity index is 3.25. The molecule has 2 nitrogen and oxygen atoms in total. The van der Waals surface area contributed by atoms with Gasteiger partial charge in [0, 0.05) is 0 Å². The summed E-state index contributed by atoms with van der Waals surface area (Å²) in [6.07, 6.45) is -5.00. The third-order valence-corrected chi connectivity index (χ3v) is 2.23. The molecule has 0 aliphatic heterocycles. The van der Waals surface area contributed by atoms with Crippen molar-refractivity contribution in [2.24, 2.45) is 0 Å². The van der Waals surface area contributed by atoms with Crippen molar-refractivity contribution < 1.29 is 31.9 Å². The fraction of sp³-hybridized carbons (Fsp3) is 0.182. The zero-order valence-electron chi connectivity index (χ0n) is 8.97. The highest BCUT2D eigenvalue weighted by atomic mass is 35.5. The van der Waals surface area contributed by atoms with Crippen LogP contribution in [0.25, 0.3) is 5.76 Å². The van der Waals surface area contributed by atoms with Crippen LogP contribution in [0.4, 0.5) is 22.0 Å². The maximum absolute atomic E-state index is 12.6. The van der Waals surface area contributed by atoms with E-state index in [-0.39, 0.29) is 6.08 Å². The Morgan fingerprint density at radius 3 is 2.16 bits per heavy atom. The first-order valence-corrected chi connectivity index (χ1v) is 5.07. The molecule has 0 N–H and O–H groups in total. The Morgan fingerprint density at radius 1 is 1.16 bits per heavy atom. The maximum atomic E-state index is 12.6. The van der Waals surface area contributed by atoms with Crippen molar-refractivity contribution in [2.75, 3.05) is 0 Å². The smallest absolute Gasteiger partial charge is 0.416 e. The van der Waals surface area contributed by atoms with Gasteiger partial charge in [-0.25, -0.2) is 0 Å². The molecule has 0 saturated carbocycles. The van der Waals surface area contributed by atoms with E-state index in [0.717, 1.165) is 18.2 Å². The summed E-state index contributed by atoms with van der Waals surface area (Å²) >= 11 is 4.36. The second-order valence-corrected chi connectivity index (χ2v) is 3.89. The predicted octanol–water partition coefficient (Wildman–Crippen LogP) is 2.81. The number of carbonyl (C=O) groups is 1. The van der Waals surface area contributed by atoms with E-state index in [1.165, 1.54) is 0 Å². The maximum Gasteiger partial charge on any atom is 0.416 e. The summed E-state index contributed by atoms with van der Waals surface area (Å²) in [5.41, 5.74) is -2.22. The van der Waals surface area contributed by atoms with Crippen LogP contribution in [-0.2, 0) is 11.0 Å². The molecule has 0 fully saturated rings. The number of ketones is 1. The lowest BCUT2D eigenvalue weighted by Gasteiger charge is -2.18. The third kappa shape index (κ3) is 3.92. The molecule has 0 radical (unpaired) electrons. The molecule has 1 rings (SSSR count). The number of carbonyl (C=O) groups excluding carboxylic acids is 1. The minimum atomic E-state index is -4.84. The predicted molar refractivity (Wildman–Crippen MR) is 55.2 cm³/mol. The van der Waals surface area contributed by atoms with Crippen molar-refractivity contribution in [1.82, 2.24) is 0 Å². The second kappa shape index (κ2) is 5.16. The monoisotopic (exact) mass is 299 g/mol. The van der Waals surface area contributed by atoms with Crippen LogP contribution in [0.3, 0.4) is 0 Å². The molecular weight excluding hydrogens is 295 g/mol. The van der Waals surface area contributed by atoms with Gasteiger partial charge in [-0.2, -0.15) is 22.0 Å². The van der Waals surface area contributed by atoms with E-state index in [1.807, 2.05) is 0 Å². The van der Waals surface area contributed by atoms with Gasteiger partial charge in [0.2, 0.25) is 5.78 Å². The molecule has 0 aliphatic carbocycles. The minimum absolute atomic E-state index is 0.155. The molecule has 0 heterocycles. The molecule has 0 spiro atoms. The van der Waals surface area contributed by atoms with Gasteiger partial charge in [-0.05, 0) is 29.3 Å². The van der Waals surface area contributed by atoms with Gasteiger partial charge in [0.25, 0.3) is 0 Å². The Hall–Kier alpha value is -1.63. The van der Waals surface area contributed by atoms with Crippen LogP contribution in [0.5, 0.6) is 0 Å². The molecule has 0 atom stereocenters. The Labute approximate surface area is 109 Å². The summed E-state index contributed by atoms with van der Waals surface area (Å²) in [5.74, 6) is -3.56. The van der Waals surface area contributed by atoms with Crippen molar-refractivity contribution in [3.8, 4) is 0 Å². The van der Waals surface area contributed by atoms with Crippen LogP contribution in [0.1, 0.15) is 11.1 Å². The van der Waals surface area contributed by atoms with E-state index in [9.17, 15) is 31.9 Å². The first-order chi connectivity index (χ1) is 8.53. The summed E-state index contributed by atoms with van der Waals surface area (Å²) in [6, 6.07) is 3.52. The molecule has 104 valence electrons. The van der Waals surface area contributed by atoms with Crippen molar-refractivity contribution >= 4 is 23.1 Å². The lowest BCUT2D eigenvalue weighted by Crippen LogP contribution is -2.21. The number of hydrogen-bond acceptors (Lipinski definition) is 2. The van der Waals surface area contributed by atoms with Crippen LogP contribution in [0.15, 0.2) is 30.3 Å². The van der Waals surface area contributed by atoms with Gasteiger partial charge >= 0.3 is 11.6 Å². The van der Waals surface area contributed by atoms with Gasteiger partial charge in [-0.15, -0.1) is 0 Å². The quantitative estimate of drug-likeness (QED) is 0.373. The van der Waals surface area contributed by atoms with Gasteiger partial charge < -0.3 is 5.11 Å². The second-order valence-electron chi connectivity index (χ2n) is 3.41. The molecule has 0 amide bonds. The van der Waals surface area contributed by atoms with Crippen molar-refractivity contribution in [3.05, 3.63) is 41.5 Å². The van der Waals surface area contributed by atoms with Crippen molar-refractivity contribution in [3.63, 3.8) is 0 Å². The number of halogens is 6. The average Bonchev–Trinajstić information content (AvgIpc) is 2.26. The minimum Gasteiger partial charge on any atom is -0.872 e. The number of hydrogen-bond donors (Lipinski definition) is 0. The molecule has 19 heavy (non-hydrogen) atoms. The molecule has 8 heteroatoms. The summed E-state index contributed by atoms with van der Waals surface area (Å²) < 4.78 is 62.3. The normalized spacial score (nSPS) is 13.5. The van der Waals surface area contributed by atoms with E-state index in [0.29, 0.717) is 6.07 Å². The molecule has 0 unspecified atom stereocenters. The van der Waals surface area contributed by atoms with Gasteiger partial charge in [0.15, 0.2) is 0 Å². The zero-order valence-corrected chi connectivity index (χ0v) is 9.73. The summed E-state index contributed by atoms with van der Waals surface area (Å²) in [7, 11) is 0. The fourth-order valence-electron chi connectivity index (χ4n) is 1.22. The highest BCUT2D eigenvalue weighted by Crippen LogP contribution is 2.34. The van der Waals surface area contributed by atoms with Crippen LogP contribution in [0.2, 0.25) is 0 Å². The lowest BCUT2D eigenvalue weighted by atomic mass is 10.0. The van der Waals surface area contributed by atoms with Crippen LogP contribution in [0, 0.1) is 0 Å². The van der Waals surface area contributed by atoms with Gasteiger partial charge in [-0.1, -0.05) is 24.0 Å². The first kappa shape index (κ1) is 15.4. The van der Waals surface area contributed by atoms with Crippen LogP contribution >= 0.6 is 11.6 Å². The topological polar surface area (TPSA) is 40.1 Å². The van der Waals surface area contributed by atoms with E-state index < -0.39 is 34.2 Å². The van der Waals surface area contributed by atoms with E-state index in [4.69, 9.17) is 0 Å². The summed E-state index contributed by atoms with van der Waals surface area (Å²) in [4.78, 5) is 10.8. The zero-order chi connectivity index (χ0) is 14.8. The van der Waals surface area contributed by atoms with Gasteiger partial charge in [-0.3, -0.25) is 4.79 Å². The number of alkyl halides is 6. The average molecular weight is 300 g/mol. The molecular formula is C11H5ClF5O2-. The van der Waals surface area contributed by atoms with Crippen molar-refractivity contribution in [2.45, 2.75) is 11.6 Å². The summed E-state index contributed by atoms with van der Waals surface area (Å²) in [5, 5.41) is 7.07. The molecule has 1 aromatic carbocycles. The fourth-order valence-corrected chi connectivity index (χ4v) is 1.28. The SMILES string of the molecule is O=C(/C=C(\[O-])c1ccccc1C(F)(F)F)C(F)(F)Cl. The number of rotatable bonds is 3. The van der Waals surface area contributed by atoms with Crippen LogP contribution in [-0.4, -0.2) is 11.2 Å². The highest BCUT2D eigenvalue weighted by molar-refractivity contribution is 6.34. The van der Waals surface area contributed by atoms with Gasteiger partial charge in [0.1, 0.15) is 0 Å². The van der Waals surface area contributed by atoms with E-state index in [2.05, 4.69) is 11.6 Å². The van der Waals surface area contributed by atoms with E-state index in [1.54, 1.807) is 0 Å². The van der Waals surface area contributed by atoms with Crippen LogP contribution < -0.4 is 5.11 Å². The lowest BCUT2D eigenvalue weighted by molar-refractivity contribution is -0.244. The molecule has 0 saturated heterocycles. The third-order valence-electron chi connectivity index (χ3n) is 2.04.